The summed E-state index contributed by atoms with van der Waals surface area (Å²) in [6.07, 6.45) is -5.15. The summed E-state index contributed by atoms with van der Waals surface area (Å²) >= 11 is 0. The smallest absolute Gasteiger partial charge is 0.403 e. The van der Waals surface area contributed by atoms with Crippen LogP contribution in [0, 0.1) is 5.92 Å². The Bertz CT molecular complexity index is 1020. The van der Waals surface area contributed by atoms with Gasteiger partial charge in [-0.05, 0) is 36.2 Å². The van der Waals surface area contributed by atoms with Gasteiger partial charge in [-0.15, -0.1) is 0 Å². The molecule has 178 valence electrons. The third kappa shape index (κ3) is 5.19. The standard InChI is InChI=1S/C24H29F3N2O3Si/c1-23(2,3)33(4,5)32-20(19(30)16-10-7-6-8-11-16)18(24(25,26)27)22(31)29-15-13-17-12-9-14-28-21(17)29/h6-12,14,18,20H,13,15H2,1-5H3/t18-,20+/m0/s1. The summed E-state index contributed by atoms with van der Waals surface area (Å²) in [7, 11) is -2.87. The van der Waals surface area contributed by atoms with E-state index in [4.69, 9.17) is 4.43 Å². The second-order valence-electron chi connectivity index (χ2n) is 9.77. The van der Waals surface area contributed by atoms with E-state index in [0.29, 0.717) is 12.0 Å². The second kappa shape index (κ2) is 9.02. The van der Waals surface area contributed by atoms with E-state index in [1.165, 1.54) is 18.3 Å². The number of halogens is 3. The highest BCUT2D eigenvalue weighted by atomic mass is 28.4. The number of alkyl halides is 3. The Morgan fingerprint density at radius 1 is 1.06 bits per heavy atom. The van der Waals surface area contributed by atoms with Gasteiger partial charge in [0.05, 0.1) is 0 Å². The molecule has 2 atom stereocenters. The third-order valence-electron chi connectivity index (χ3n) is 6.46. The van der Waals surface area contributed by atoms with Gasteiger partial charge in [0.1, 0.15) is 11.9 Å². The molecular formula is C24H29F3N2O3Si. The van der Waals surface area contributed by atoms with Crippen molar-refractivity contribution in [2.45, 2.75) is 57.6 Å². The van der Waals surface area contributed by atoms with Crippen molar-refractivity contribution in [2.75, 3.05) is 11.4 Å². The van der Waals surface area contributed by atoms with Crippen LogP contribution in [0.1, 0.15) is 36.7 Å². The number of amides is 1. The van der Waals surface area contributed by atoms with Gasteiger partial charge in [0.2, 0.25) is 5.91 Å². The number of Topliss-reactive ketones (excluding diaryl/α,β-unsaturated/α-hetero) is 1. The van der Waals surface area contributed by atoms with Crippen LogP contribution in [0.2, 0.25) is 18.1 Å². The van der Waals surface area contributed by atoms with E-state index in [0.717, 1.165) is 4.90 Å². The lowest BCUT2D eigenvalue weighted by Gasteiger charge is -2.41. The van der Waals surface area contributed by atoms with Gasteiger partial charge >= 0.3 is 6.18 Å². The summed E-state index contributed by atoms with van der Waals surface area (Å²) in [5.74, 6) is -4.51. The summed E-state index contributed by atoms with van der Waals surface area (Å²) in [5.41, 5.74) is 0.770. The maximum atomic E-state index is 14.5. The van der Waals surface area contributed by atoms with Crippen molar-refractivity contribution in [1.82, 2.24) is 4.98 Å². The Hall–Kier alpha value is -2.52. The maximum absolute atomic E-state index is 14.5. The van der Waals surface area contributed by atoms with Gasteiger partial charge in [-0.25, -0.2) is 4.98 Å². The van der Waals surface area contributed by atoms with E-state index in [1.807, 2.05) is 20.8 Å². The normalized spacial score (nSPS) is 16.3. The molecule has 3 rings (SSSR count). The van der Waals surface area contributed by atoms with Crippen molar-refractivity contribution in [3.05, 3.63) is 59.8 Å². The lowest BCUT2D eigenvalue weighted by atomic mass is 9.93. The monoisotopic (exact) mass is 478 g/mol. The van der Waals surface area contributed by atoms with Crippen LogP contribution in [0.4, 0.5) is 19.0 Å². The lowest BCUT2D eigenvalue weighted by molar-refractivity contribution is -0.194. The molecule has 0 bridgehead atoms. The van der Waals surface area contributed by atoms with E-state index in [1.54, 1.807) is 43.4 Å². The minimum atomic E-state index is -4.99. The molecule has 0 saturated carbocycles. The molecule has 0 aliphatic carbocycles. The highest BCUT2D eigenvalue weighted by molar-refractivity contribution is 6.74. The molecule has 1 amide bonds. The van der Waals surface area contributed by atoms with Crippen LogP contribution in [-0.2, 0) is 15.6 Å². The van der Waals surface area contributed by atoms with E-state index in [-0.39, 0.29) is 17.9 Å². The lowest BCUT2D eigenvalue weighted by Crippen LogP contribution is -2.56. The Balaban J connectivity index is 2.09. The molecule has 9 heteroatoms. The quantitative estimate of drug-likeness (QED) is 0.411. The average Bonchev–Trinajstić information content (AvgIpc) is 3.15. The average molecular weight is 479 g/mol. The fourth-order valence-corrected chi connectivity index (χ4v) is 4.80. The van der Waals surface area contributed by atoms with Crippen molar-refractivity contribution in [1.29, 1.82) is 0 Å². The number of carbonyl (C=O) groups is 2. The molecule has 2 heterocycles. The molecule has 1 aliphatic heterocycles. The number of nitrogens with zero attached hydrogens (tertiary/aromatic N) is 2. The van der Waals surface area contributed by atoms with Crippen LogP contribution < -0.4 is 4.90 Å². The van der Waals surface area contributed by atoms with Crippen molar-refractivity contribution in [3.8, 4) is 0 Å². The van der Waals surface area contributed by atoms with Gasteiger partial charge in [-0.2, -0.15) is 13.2 Å². The fraction of sp³-hybridized carbons (Fsp3) is 0.458. The number of carbonyl (C=O) groups excluding carboxylic acids is 2. The second-order valence-corrected chi connectivity index (χ2v) is 14.5. The first-order chi connectivity index (χ1) is 15.2. The van der Waals surface area contributed by atoms with Crippen LogP contribution in [0.15, 0.2) is 48.7 Å². The van der Waals surface area contributed by atoms with Crippen molar-refractivity contribution >= 4 is 25.8 Å². The molecule has 0 unspecified atom stereocenters. The van der Waals surface area contributed by atoms with Crippen LogP contribution in [0.3, 0.4) is 0 Å². The highest BCUT2D eigenvalue weighted by Gasteiger charge is 2.57. The number of pyridine rings is 1. The number of rotatable bonds is 6. The van der Waals surface area contributed by atoms with Crippen LogP contribution in [0.5, 0.6) is 0 Å². The van der Waals surface area contributed by atoms with Gasteiger partial charge < -0.3 is 4.43 Å². The zero-order valence-electron chi connectivity index (χ0n) is 19.4. The van der Waals surface area contributed by atoms with Crippen LogP contribution >= 0.6 is 0 Å². The first kappa shape index (κ1) is 25.1. The first-order valence-electron chi connectivity index (χ1n) is 10.8. The predicted molar refractivity (Wildman–Crippen MR) is 123 cm³/mol. The molecule has 1 aromatic carbocycles. The van der Waals surface area contributed by atoms with Crippen molar-refractivity contribution < 1.29 is 27.2 Å². The van der Waals surface area contributed by atoms with Gasteiger partial charge in [0.15, 0.2) is 20.0 Å². The summed E-state index contributed by atoms with van der Waals surface area (Å²) in [6.45, 7) is 9.22. The maximum Gasteiger partial charge on any atom is 0.403 e. The number of hydrogen-bond acceptors (Lipinski definition) is 4. The Kier molecular flexibility index (Phi) is 6.86. The molecule has 5 nitrogen and oxygen atoms in total. The number of benzene rings is 1. The molecule has 1 aromatic heterocycles. The molecule has 1 aliphatic rings. The minimum Gasteiger partial charge on any atom is -0.405 e. The largest absolute Gasteiger partial charge is 0.405 e. The molecule has 33 heavy (non-hydrogen) atoms. The number of ketones is 1. The molecule has 0 spiro atoms. The third-order valence-corrected chi connectivity index (χ3v) is 10.9. The van der Waals surface area contributed by atoms with Gasteiger partial charge in [-0.3, -0.25) is 14.5 Å². The summed E-state index contributed by atoms with van der Waals surface area (Å²) < 4.78 is 49.6. The topological polar surface area (TPSA) is 59.5 Å². The number of fused-ring (bicyclic) bond motifs is 1. The van der Waals surface area contributed by atoms with Gasteiger partial charge in [0, 0.05) is 18.3 Å². The molecule has 0 radical (unpaired) electrons. The molecule has 0 saturated heterocycles. The number of aromatic nitrogens is 1. The van der Waals surface area contributed by atoms with E-state index in [2.05, 4.69) is 4.98 Å². The minimum absolute atomic E-state index is 0.0724. The van der Waals surface area contributed by atoms with Crippen LogP contribution in [-0.4, -0.2) is 43.8 Å². The highest BCUT2D eigenvalue weighted by Crippen LogP contribution is 2.42. The van der Waals surface area contributed by atoms with E-state index in [9.17, 15) is 22.8 Å². The predicted octanol–water partition coefficient (Wildman–Crippen LogP) is 5.42. The van der Waals surface area contributed by atoms with E-state index < -0.39 is 43.2 Å². The summed E-state index contributed by atoms with van der Waals surface area (Å²) in [4.78, 5) is 32.0. The van der Waals surface area contributed by atoms with Gasteiger partial charge in [-0.1, -0.05) is 57.2 Å². The summed E-state index contributed by atoms with van der Waals surface area (Å²) in [6, 6.07) is 11.1. The van der Waals surface area contributed by atoms with Crippen molar-refractivity contribution in [3.63, 3.8) is 0 Å². The molecule has 2 aromatic rings. The number of hydrogen-bond donors (Lipinski definition) is 0. The van der Waals surface area contributed by atoms with Gasteiger partial charge in [0.25, 0.3) is 0 Å². The van der Waals surface area contributed by atoms with E-state index >= 15 is 0 Å². The zero-order valence-corrected chi connectivity index (χ0v) is 20.4. The molecule has 0 fully saturated rings. The zero-order chi connectivity index (χ0) is 24.6. The van der Waals surface area contributed by atoms with Crippen LogP contribution in [0.25, 0.3) is 0 Å². The van der Waals surface area contributed by atoms with Crippen molar-refractivity contribution in [2.24, 2.45) is 5.92 Å². The molecular weight excluding hydrogens is 449 g/mol. The Morgan fingerprint density at radius 3 is 2.27 bits per heavy atom. The fourth-order valence-electron chi connectivity index (χ4n) is 3.56. The number of anilines is 1. The Morgan fingerprint density at radius 2 is 1.70 bits per heavy atom. The first-order valence-corrected chi connectivity index (χ1v) is 13.7. The Labute approximate surface area is 193 Å². The molecule has 0 N–H and O–H groups in total. The summed E-state index contributed by atoms with van der Waals surface area (Å²) in [5, 5.41) is -0.469. The SMILES string of the molecule is CC(C)(C)[Si](C)(C)O[C@@H](C(=O)c1ccccc1)[C@@H](C(=O)N1CCc2cccnc21)C(F)(F)F.